The predicted octanol–water partition coefficient (Wildman–Crippen LogP) is 0.464. The van der Waals surface area contributed by atoms with Crippen LogP contribution in [-0.2, 0) is 19.9 Å². The van der Waals surface area contributed by atoms with E-state index in [1.807, 2.05) is 0 Å². The normalized spacial score (nSPS) is 18.3. The topological polar surface area (TPSA) is 83.5 Å². The zero-order chi connectivity index (χ0) is 15.5. The van der Waals surface area contributed by atoms with Crippen LogP contribution in [0.15, 0.2) is 34.1 Å². The van der Waals surface area contributed by atoms with Crippen LogP contribution in [0.1, 0.15) is 13.3 Å². The highest BCUT2D eigenvalue weighted by Crippen LogP contribution is 2.20. The number of nitrogens with one attached hydrogen (secondary N) is 1. The van der Waals surface area contributed by atoms with Gasteiger partial charge in [-0.05, 0) is 31.2 Å². The molecule has 1 N–H and O–H groups in total. The fourth-order valence-electron chi connectivity index (χ4n) is 2.21. The largest absolute Gasteiger partial charge is 0.315 e. The van der Waals surface area contributed by atoms with Crippen LogP contribution in [0.5, 0.6) is 0 Å². The molecule has 0 saturated carbocycles. The van der Waals surface area contributed by atoms with Crippen molar-refractivity contribution < 1.29 is 16.8 Å². The van der Waals surface area contributed by atoms with E-state index in [4.69, 9.17) is 0 Å². The Bertz CT molecular complexity index is 691. The molecule has 0 aromatic heterocycles. The monoisotopic (exact) mass is 332 g/mol. The minimum absolute atomic E-state index is 0.0407. The van der Waals surface area contributed by atoms with Crippen molar-refractivity contribution in [3.8, 4) is 0 Å². The molecule has 0 spiro atoms. The molecule has 1 aromatic rings. The first-order valence-corrected chi connectivity index (χ1v) is 10.0. The van der Waals surface area contributed by atoms with Crippen LogP contribution in [-0.4, -0.2) is 53.1 Å². The van der Waals surface area contributed by atoms with Crippen molar-refractivity contribution in [3.63, 3.8) is 0 Å². The lowest BCUT2D eigenvalue weighted by Gasteiger charge is -2.19. The molecule has 6 nitrogen and oxygen atoms in total. The molecule has 8 heteroatoms. The first-order valence-electron chi connectivity index (χ1n) is 6.91. The summed E-state index contributed by atoms with van der Waals surface area (Å²) in [5.41, 5.74) is 0. The van der Waals surface area contributed by atoms with Gasteiger partial charge >= 0.3 is 0 Å². The molecule has 118 valence electrons. The lowest BCUT2D eigenvalue weighted by Crippen LogP contribution is -2.34. The van der Waals surface area contributed by atoms with Crippen molar-refractivity contribution in [1.82, 2.24) is 9.62 Å². The van der Waals surface area contributed by atoms with Gasteiger partial charge in [0.15, 0.2) is 9.84 Å². The molecule has 1 aliphatic heterocycles. The number of rotatable bonds is 4. The van der Waals surface area contributed by atoms with Crippen LogP contribution in [0.2, 0.25) is 0 Å². The molecule has 0 aliphatic carbocycles. The van der Waals surface area contributed by atoms with Crippen LogP contribution in [0, 0.1) is 0 Å². The molecule has 0 bridgehead atoms. The number of benzene rings is 1. The lowest BCUT2D eigenvalue weighted by atomic mass is 10.4. The van der Waals surface area contributed by atoms with E-state index < -0.39 is 19.9 Å². The number of sulfone groups is 1. The first-order chi connectivity index (χ1) is 9.88. The number of nitrogens with zero attached hydrogens (tertiary/aromatic N) is 1. The molecular weight excluding hydrogens is 312 g/mol. The molecule has 1 aliphatic rings. The maximum atomic E-state index is 12.6. The van der Waals surface area contributed by atoms with E-state index in [1.54, 1.807) is 0 Å². The molecular formula is C13H20N2O4S2. The Morgan fingerprint density at radius 1 is 1.10 bits per heavy atom. The molecule has 1 fully saturated rings. The van der Waals surface area contributed by atoms with E-state index in [1.165, 1.54) is 35.5 Å². The van der Waals surface area contributed by atoms with Crippen LogP contribution in [0.3, 0.4) is 0 Å². The molecule has 0 unspecified atom stereocenters. The summed E-state index contributed by atoms with van der Waals surface area (Å²) in [5.74, 6) is -0.0515. The van der Waals surface area contributed by atoms with Crippen LogP contribution in [0.25, 0.3) is 0 Å². The molecule has 1 saturated heterocycles. The number of sulfonamides is 1. The van der Waals surface area contributed by atoms with Crippen LogP contribution < -0.4 is 5.32 Å². The van der Waals surface area contributed by atoms with E-state index in [0.717, 1.165) is 13.0 Å². The van der Waals surface area contributed by atoms with Gasteiger partial charge in [-0.2, -0.15) is 4.31 Å². The quantitative estimate of drug-likeness (QED) is 0.866. The fraction of sp³-hybridized carbons (Fsp3) is 0.538. The van der Waals surface area contributed by atoms with Gasteiger partial charge in [0.2, 0.25) is 10.0 Å². The van der Waals surface area contributed by atoms with Crippen molar-refractivity contribution in [3.05, 3.63) is 24.3 Å². The maximum Gasteiger partial charge on any atom is 0.243 e. The second kappa shape index (κ2) is 6.43. The van der Waals surface area contributed by atoms with Crippen LogP contribution >= 0.6 is 0 Å². The maximum absolute atomic E-state index is 12.6. The fourth-order valence-corrected chi connectivity index (χ4v) is 4.73. The zero-order valence-electron chi connectivity index (χ0n) is 11.9. The van der Waals surface area contributed by atoms with Gasteiger partial charge < -0.3 is 5.32 Å². The molecule has 21 heavy (non-hydrogen) atoms. The number of hydrogen-bond donors (Lipinski definition) is 1. The first kappa shape index (κ1) is 16.4. The highest BCUT2D eigenvalue weighted by atomic mass is 32.2. The van der Waals surface area contributed by atoms with Gasteiger partial charge in [0.1, 0.15) is 0 Å². The highest BCUT2D eigenvalue weighted by Gasteiger charge is 2.26. The summed E-state index contributed by atoms with van der Waals surface area (Å²) >= 11 is 0. The summed E-state index contributed by atoms with van der Waals surface area (Å²) in [6.45, 7) is 3.77. The minimum atomic E-state index is -3.65. The van der Waals surface area contributed by atoms with E-state index in [9.17, 15) is 16.8 Å². The van der Waals surface area contributed by atoms with Crippen molar-refractivity contribution >= 4 is 19.9 Å². The minimum Gasteiger partial charge on any atom is -0.315 e. The van der Waals surface area contributed by atoms with Gasteiger partial charge in [-0.3, -0.25) is 0 Å². The summed E-state index contributed by atoms with van der Waals surface area (Å²) in [4.78, 5) is 0.0953. The Labute approximate surface area is 126 Å². The van der Waals surface area contributed by atoms with E-state index >= 15 is 0 Å². The van der Waals surface area contributed by atoms with Crippen molar-refractivity contribution in [2.24, 2.45) is 0 Å². The summed E-state index contributed by atoms with van der Waals surface area (Å²) in [6, 6.07) is 5.61. The van der Waals surface area contributed by atoms with E-state index in [-0.39, 0.29) is 15.5 Å². The molecule has 0 atom stereocenters. The highest BCUT2D eigenvalue weighted by molar-refractivity contribution is 7.91. The van der Waals surface area contributed by atoms with Crippen molar-refractivity contribution in [2.45, 2.75) is 23.1 Å². The molecule has 0 radical (unpaired) electrons. The van der Waals surface area contributed by atoms with Crippen molar-refractivity contribution in [2.75, 3.05) is 31.9 Å². The third-order valence-electron chi connectivity index (χ3n) is 3.48. The average Bonchev–Trinajstić information content (AvgIpc) is 2.77. The summed E-state index contributed by atoms with van der Waals surface area (Å²) in [5, 5.41) is 3.14. The number of hydrogen-bond acceptors (Lipinski definition) is 5. The van der Waals surface area contributed by atoms with Crippen molar-refractivity contribution in [1.29, 1.82) is 0 Å². The predicted molar refractivity (Wildman–Crippen MR) is 80.4 cm³/mol. The standard InChI is InChI=1S/C13H20N2O4S2/c1-2-20(16,17)12-5-3-6-13(11-12)21(18,19)15-9-4-7-14-8-10-15/h3,5-6,11,14H,2,4,7-10H2,1H3. The zero-order valence-corrected chi connectivity index (χ0v) is 13.6. The third kappa shape index (κ3) is 3.63. The van der Waals surface area contributed by atoms with Gasteiger partial charge in [0, 0.05) is 19.6 Å². The van der Waals surface area contributed by atoms with Gasteiger partial charge in [0.05, 0.1) is 15.5 Å². The van der Waals surface area contributed by atoms with E-state index in [2.05, 4.69) is 5.32 Å². The van der Waals surface area contributed by atoms with Crippen LogP contribution in [0.4, 0.5) is 0 Å². The smallest absolute Gasteiger partial charge is 0.243 e. The summed E-state index contributed by atoms with van der Waals surface area (Å²) in [6.07, 6.45) is 0.742. The Kier molecular flexibility index (Phi) is 5.03. The van der Waals surface area contributed by atoms with Gasteiger partial charge in [-0.25, -0.2) is 16.8 Å². The lowest BCUT2D eigenvalue weighted by molar-refractivity contribution is 0.432. The average molecular weight is 332 g/mol. The van der Waals surface area contributed by atoms with E-state index in [0.29, 0.717) is 19.6 Å². The molecule has 1 heterocycles. The van der Waals surface area contributed by atoms with Gasteiger partial charge in [0.25, 0.3) is 0 Å². The van der Waals surface area contributed by atoms with Gasteiger partial charge in [-0.15, -0.1) is 0 Å². The second-order valence-corrected chi connectivity index (χ2v) is 9.10. The molecule has 0 amide bonds. The molecule has 1 aromatic carbocycles. The third-order valence-corrected chi connectivity index (χ3v) is 7.11. The Balaban J connectivity index is 2.38. The SMILES string of the molecule is CCS(=O)(=O)c1cccc(S(=O)(=O)N2CCCNCC2)c1. The Hall–Kier alpha value is -0.960. The Morgan fingerprint density at radius 3 is 2.52 bits per heavy atom. The second-order valence-electron chi connectivity index (χ2n) is 4.89. The van der Waals surface area contributed by atoms with Gasteiger partial charge in [-0.1, -0.05) is 13.0 Å². The summed E-state index contributed by atoms with van der Waals surface area (Å²) in [7, 11) is -7.06. The Morgan fingerprint density at radius 2 is 1.81 bits per heavy atom. The summed E-state index contributed by atoms with van der Waals surface area (Å²) < 4.78 is 50.4. The molecule has 2 rings (SSSR count).